The third-order valence-corrected chi connectivity index (χ3v) is 3.91. The Kier molecular flexibility index (Phi) is 3.51. The van der Waals surface area contributed by atoms with Gasteiger partial charge < -0.3 is 14.6 Å². The van der Waals surface area contributed by atoms with Gasteiger partial charge in [0.25, 0.3) is 5.91 Å². The van der Waals surface area contributed by atoms with E-state index in [0.29, 0.717) is 42.5 Å². The van der Waals surface area contributed by atoms with Crippen LogP contribution in [0.5, 0.6) is 0 Å². The number of carbonyl (C=O) groups is 2. The number of aromatic nitrogens is 1. The van der Waals surface area contributed by atoms with Crippen LogP contribution >= 0.6 is 11.3 Å². The van der Waals surface area contributed by atoms with Crippen LogP contribution in [-0.4, -0.2) is 41.3 Å². The van der Waals surface area contributed by atoms with Crippen LogP contribution in [0.4, 0.5) is 0 Å². The zero-order valence-corrected chi connectivity index (χ0v) is 11.5. The SMILES string of the molecule is O=C1CCN(C(=O)c2csc(-c3ccco3)n2)CCN1. The number of amides is 2. The Balaban J connectivity index is 1.75. The number of hydrogen-bond donors (Lipinski definition) is 1. The molecule has 3 rings (SSSR count). The number of hydrogen-bond acceptors (Lipinski definition) is 5. The van der Waals surface area contributed by atoms with Gasteiger partial charge in [0.1, 0.15) is 5.69 Å². The first-order chi connectivity index (χ1) is 9.74. The van der Waals surface area contributed by atoms with Crippen LogP contribution in [0.3, 0.4) is 0 Å². The van der Waals surface area contributed by atoms with Crippen molar-refractivity contribution in [2.45, 2.75) is 6.42 Å². The second-order valence-corrected chi connectivity index (χ2v) is 5.27. The first-order valence-electron chi connectivity index (χ1n) is 6.29. The molecular weight excluding hydrogens is 278 g/mol. The van der Waals surface area contributed by atoms with Gasteiger partial charge in [-0.25, -0.2) is 4.98 Å². The Labute approximate surface area is 119 Å². The monoisotopic (exact) mass is 291 g/mol. The predicted molar refractivity (Wildman–Crippen MR) is 73.3 cm³/mol. The van der Waals surface area contributed by atoms with E-state index < -0.39 is 0 Å². The fourth-order valence-corrected chi connectivity index (χ4v) is 2.78. The van der Waals surface area contributed by atoms with E-state index in [-0.39, 0.29) is 11.8 Å². The number of furan rings is 1. The van der Waals surface area contributed by atoms with Crippen molar-refractivity contribution in [1.29, 1.82) is 0 Å². The number of carbonyl (C=O) groups excluding carboxylic acids is 2. The molecule has 6 nitrogen and oxygen atoms in total. The largest absolute Gasteiger partial charge is 0.462 e. The molecule has 7 heteroatoms. The van der Waals surface area contributed by atoms with E-state index >= 15 is 0 Å². The molecule has 0 unspecified atom stereocenters. The highest BCUT2D eigenvalue weighted by atomic mass is 32.1. The standard InChI is InChI=1S/C13H13N3O3S/c17-11-3-5-16(6-4-14-11)13(18)9-8-20-12(15-9)10-2-1-7-19-10/h1-2,7-8H,3-6H2,(H,14,17). The Hall–Kier alpha value is -2.15. The highest BCUT2D eigenvalue weighted by molar-refractivity contribution is 7.13. The summed E-state index contributed by atoms with van der Waals surface area (Å²) in [5, 5.41) is 5.15. The van der Waals surface area contributed by atoms with E-state index in [9.17, 15) is 9.59 Å². The second kappa shape index (κ2) is 5.46. The third-order valence-electron chi connectivity index (χ3n) is 3.06. The van der Waals surface area contributed by atoms with Gasteiger partial charge in [-0.1, -0.05) is 0 Å². The first kappa shape index (κ1) is 12.9. The minimum Gasteiger partial charge on any atom is -0.462 e. The summed E-state index contributed by atoms with van der Waals surface area (Å²) in [7, 11) is 0. The molecule has 0 bridgehead atoms. The molecule has 104 valence electrons. The maximum atomic E-state index is 12.3. The van der Waals surface area contributed by atoms with E-state index in [1.54, 1.807) is 22.6 Å². The fourth-order valence-electron chi connectivity index (χ4n) is 2.02. The van der Waals surface area contributed by atoms with Crippen LogP contribution in [-0.2, 0) is 4.79 Å². The fraction of sp³-hybridized carbons (Fsp3) is 0.308. The van der Waals surface area contributed by atoms with Gasteiger partial charge >= 0.3 is 0 Å². The molecule has 0 radical (unpaired) electrons. The van der Waals surface area contributed by atoms with Gasteiger partial charge in [-0.15, -0.1) is 11.3 Å². The molecule has 0 aromatic carbocycles. The molecular formula is C13H13N3O3S. The molecule has 1 aliphatic rings. The van der Waals surface area contributed by atoms with Crippen molar-refractivity contribution >= 4 is 23.2 Å². The number of nitrogens with one attached hydrogen (secondary N) is 1. The maximum Gasteiger partial charge on any atom is 0.273 e. The predicted octanol–water partition coefficient (Wildman–Crippen LogP) is 1.37. The molecule has 0 spiro atoms. The van der Waals surface area contributed by atoms with Gasteiger partial charge in [-0.2, -0.15) is 0 Å². The van der Waals surface area contributed by atoms with E-state index in [1.807, 2.05) is 6.07 Å². The zero-order chi connectivity index (χ0) is 13.9. The van der Waals surface area contributed by atoms with Crippen molar-refractivity contribution in [1.82, 2.24) is 15.2 Å². The van der Waals surface area contributed by atoms with Gasteiger partial charge in [-0.05, 0) is 12.1 Å². The van der Waals surface area contributed by atoms with Crippen molar-refractivity contribution in [2.75, 3.05) is 19.6 Å². The van der Waals surface area contributed by atoms with Gasteiger partial charge in [0.15, 0.2) is 10.8 Å². The van der Waals surface area contributed by atoms with E-state index in [1.165, 1.54) is 11.3 Å². The van der Waals surface area contributed by atoms with Crippen LogP contribution in [0.15, 0.2) is 28.2 Å². The highest BCUT2D eigenvalue weighted by Crippen LogP contribution is 2.24. The zero-order valence-electron chi connectivity index (χ0n) is 10.7. The number of thiazole rings is 1. The Morgan fingerprint density at radius 1 is 1.45 bits per heavy atom. The van der Waals surface area contributed by atoms with Gasteiger partial charge in [0.05, 0.1) is 6.26 Å². The van der Waals surface area contributed by atoms with E-state index in [0.717, 1.165) is 0 Å². The van der Waals surface area contributed by atoms with E-state index in [2.05, 4.69) is 10.3 Å². The van der Waals surface area contributed by atoms with Crippen LogP contribution in [0.2, 0.25) is 0 Å². The summed E-state index contributed by atoms with van der Waals surface area (Å²) >= 11 is 1.37. The molecule has 2 amide bonds. The molecule has 1 fully saturated rings. The minimum atomic E-state index is -0.143. The van der Waals surface area contributed by atoms with Gasteiger partial charge in [-0.3, -0.25) is 9.59 Å². The molecule has 1 aliphatic heterocycles. The van der Waals surface area contributed by atoms with Crippen molar-refractivity contribution in [3.63, 3.8) is 0 Å². The average molecular weight is 291 g/mol. The third kappa shape index (κ3) is 2.57. The average Bonchev–Trinajstić information content (AvgIpc) is 3.08. The Morgan fingerprint density at radius 2 is 2.35 bits per heavy atom. The van der Waals surface area contributed by atoms with Gasteiger partial charge in [0.2, 0.25) is 5.91 Å². The van der Waals surface area contributed by atoms with Crippen LogP contribution in [0.25, 0.3) is 10.8 Å². The second-order valence-electron chi connectivity index (χ2n) is 4.41. The van der Waals surface area contributed by atoms with Crippen LogP contribution in [0, 0.1) is 0 Å². The minimum absolute atomic E-state index is 0.0187. The number of rotatable bonds is 2. The lowest BCUT2D eigenvalue weighted by Gasteiger charge is -2.17. The molecule has 3 heterocycles. The Bertz CT molecular complexity index is 621. The normalized spacial score (nSPS) is 15.8. The molecule has 1 saturated heterocycles. The molecule has 2 aromatic rings. The summed E-state index contributed by atoms with van der Waals surface area (Å²) in [6.45, 7) is 1.43. The summed E-state index contributed by atoms with van der Waals surface area (Å²) in [6, 6.07) is 3.59. The summed E-state index contributed by atoms with van der Waals surface area (Å²) in [5.74, 6) is 0.493. The van der Waals surface area contributed by atoms with Gasteiger partial charge in [0, 0.05) is 31.4 Å². The summed E-state index contributed by atoms with van der Waals surface area (Å²) < 4.78 is 5.26. The molecule has 0 saturated carbocycles. The topological polar surface area (TPSA) is 75.4 Å². The Morgan fingerprint density at radius 3 is 3.15 bits per heavy atom. The summed E-state index contributed by atoms with van der Waals surface area (Å²) in [6.07, 6.45) is 1.91. The van der Waals surface area contributed by atoms with Crippen LogP contribution in [0.1, 0.15) is 16.9 Å². The molecule has 20 heavy (non-hydrogen) atoms. The lowest BCUT2D eigenvalue weighted by atomic mass is 10.3. The lowest BCUT2D eigenvalue weighted by molar-refractivity contribution is -0.120. The molecule has 1 N–H and O–H groups in total. The molecule has 2 aromatic heterocycles. The van der Waals surface area contributed by atoms with E-state index in [4.69, 9.17) is 4.42 Å². The lowest BCUT2D eigenvalue weighted by Crippen LogP contribution is -2.34. The van der Waals surface area contributed by atoms with Crippen molar-refractivity contribution < 1.29 is 14.0 Å². The highest BCUT2D eigenvalue weighted by Gasteiger charge is 2.22. The maximum absolute atomic E-state index is 12.3. The summed E-state index contributed by atoms with van der Waals surface area (Å²) in [5.41, 5.74) is 0.399. The molecule has 0 atom stereocenters. The van der Waals surface area contributed by atoms with Crippen molar-refractivity contribution in [2.24, 2.45) is 0 Å². The quantitative estimate of drug-likeness (QED) is 0.906. The smallest absolute Gasteiger partial charge is 0.273 e. The molecule has 0 aliphatic carbocycles. The summed E-state index contributed by atoms with van der Waals surface area (Å²) in [4.78, 5) is 29.6. The van der Waals surface area contributed by atoms with Crippen LogP contribution < -0.4 is 5.32 Å². The van der Waals surface area contributed by atoms with Crippen molar-refractivity contribution in [3.05, 3.63) is 29.5 Å². The first-order valence-corrected chi connectivity index (χ1v) is 7.17. The number of nitrogens with zero attached hydrogens (tertiary/aromatic N) is 2. The van der Waals surface area contributed by atoms with Crippen molar-refractivity contribution in [3.8, 4) is 10.8 Å².